The lowest BCUT2D eigenvalue weighted by atomic mass is 10.0. The van der Waals surface area contributed by atoms with Crippen molar-refractivity contribution in [3.05, 3.63) is 59.4 Å². The first-order chi connectivity index (χ1) is 11.1. The number of aryl methyl sites for hydroxylation is 2. The number of nitrogens with one attached hydrogen (secondary N) is 1. The average molecular weight is 308 g/mol. The van der Waals surface area contributed by atoms with Gasteiger partial charge in [-0.15, -0.1) is 0 Å². The Morgan fingerprint density at radius 1 is 1.04 bits per heavy atom. The van der Waals surface area contributed by atoms with E-state index < -0.39 is 0 Å². The van der Waals surface area contributed by atoms with Crippen molar-refractivity contribution in [1.82, 2.24) is 9.97 Å². The van der Waals surface area contributed by atoms with Crippen LogP contribution >= 0.6 is 0 Å². The highest BCUT2D eigenvalue weighted by Gasteiger charge is 2.08. The summed E-state index contributed by atoms with van der Waals surface area (Å²) in [5.41, 5.74) is 4.71. The van der Waals surface area contributed by atoms with E-state index in [0.29, 0.717) is 5.92 Å². The Balaban J connectivity index is 1.71. The molecule has 0 aliphatic heterocycles. The molecule has 0 amide bonds. The van der Waals surface area contributed by atoms with E-state index in [4.69, 9.17) is 4.74 Å². The van der Waals surface area contributed by atoms with Crippen LogP contribution in [0.25, 0.3) is 11.0 Å². The number of hydrogen-bond donors (Lipinski definition) is 1. The Morgan fingerprint density at radius 2 is 1.87 bits per heavy atom. The summed E-state index contributed by atoms with van der Waals surface area (Å²) in [6.45, 7) is 7.24. The first kappa shape index (κ1) is 15.6. The van der Waals surface area contributed by atoms with E-state index in [-0.39, 0.29) is 0 Å². The molecular weight excluding hydrogens is 284 g/mol. The van der Waals surface area contributed by atoms with Gasteiger partial charge in [0.25, 0.3) is 0 Å². The maximum atomic E-state index is 5.92. The predicted octanol–water partition coefficient (Wildman–Crippen LogP) is 4.69. The fourth-order valence-electron chi connectivity index (χ4n) is 2.72. The van der Waals surface area contributed by atoms with Crippen molar-refractivity contribution in [2.45, 2.75) is 33.6 Å². The quantitative estimate of drug-likeness (QED) is 0.717. The molecule has 0 saturated heterocycles. The van der Waals surface area contributed by atoms with Gasteiger partial charge in [0.15, 0.2) is 0 Å². The van der Waals surface area contributed by atoms with Gasteiger partial charge in [0.05, 0.1) is 17.6 Å². The molecule has 1 heterocycles. The van der Waals surface area contributed by atoms with Crippen LogP contribution in [0.3, 0.4) is 0 Å². The molecule has 120 valence electrons. The Hall–Kier alpha value is -2.29. The minimum absolute atomic E-state index is 0.536. The smallest absolute Gasteiger partial charge is 0.122 e. The van der Waals surface area contributed by atoms with Crippen LogP contribution in [0.1, 0.15) is 30.8 Å². The molecule has 1 N–H and O–H groups in total. The first-order valence-corrected chi connectivity index (χ1v) is 8.28. The SMILES string of the molecule is Cc1c(CCc2nc3ccccc3[nH]2)cccc1OCC(C)C. The molecule has 1 aromatic heterocycles. The molecule has 0 aliphatic rings. The predicted molar refractivity (Wildman–Crippen MR) is 95.0 cm³/mol. The molecule has 0 fully saturated rings. The van der Waals surface area contributed by atoms with E-state index in [1.165, 1.54) is 11.1 Å². The third-order valence-electron chi connectivity index (χ3n) is 4.04. The van der Waals surface area contributed by atoms with Gasteiger partial charge in [0, 0.05) is 6.42 Å². The van der Waals surface area contributed by atoms with Gasteiger partial charge in [0.2, 0.25) is 0 Å². The third-order valence-corrected chi connectivity index (χ3v) is 4.04. The molecular formula is C20H24N2O. The van der Waals surface area contributed by atoms with Gasteiger partial charge in [-0.25, -0.2) is 4.98 Å². The van der Waals surface area contributed by atoms with Gasteiger partial charge in [-0.2, -0.15) is 0 Å². The van der Waals surface area contributed by atoms with E-state index in [0.717, 1.165) is 42.1 Å². The van der Waals surface area contributed by atoms with Crippen LogP contribution in [-0.2, 0) is 12.8 Å². The van der Waals surface area contributed by atoms with Crippen LogP contribution < -0.4 is 4.74 Å². The monoisotopic (exact) mass is 308 g/mol. The van der Waals surface area contributed by atoms with E-state index in [9.17, 15) is 0 Å². The molecule has 3 heteroatoms. The number of aromatic nitrogens is 2. The van der Waals surface area contributed by atoms with Crippen molar-refractivity contribution < 1.29 is 4.74 Å². The lowest BCUT2D eigenvalue weighted by Crippen LogP contribution is -2.06. The number of fused-ring (bicyclic) bond motifs is 1. The van der Waals surface area contributed by atoms with Gasteiger partial charge >= 0.3 is 0 Å². The summed E-state index contributed by atoms with van der Waals surface area (Å²) in [5.74, 6) is 2.58. The summed E-state index contributed by atoms with van der Waals surface area (Å²) < 4.78 is 5.92. The van der Waals surface area contributed by atoms with Crippen LogP contribution in [-0.4, -0.2) is 16.6 Å². The number of imidazole rings is 1. The summed E-state index contributed by atoms with van der Waals surface area (Å²) in [4.78, 5) is 8.05. The first-order valence-electron chi connectivity index (χ1n) is 8.28. The molecule has 3 rings (SSSR count). The van der Waals surface area contributed by atoms with Gasteiger partial charge in [-0.1, -0.05) is 38.1 Å². The Kier molecular flexibility index (Phi) is 4.65. The molecule has 0 unspecified atom stereocenters. The third kappa shape index (κ3) is 3.73. The Morgan fingerprint density at radius 3 is 2.65 bits per heavy atom. The molecule has 0 radical (unpaired) electrons. The van der Waals surface area contributed by atoms with Gasteiger partial charge in [-0.05, 0) is 48.6 Å². The zero-order valence-electron chi connectivity index (χ0n) is 14.1. The number of nitrogens with zero attached hydrogens (tertiary/aromatic N) is 1. The van der Waals surface area contributed by atoms with Crippen molar-refractivity contribution in [3.63, 3.8) is 0 Å². The van der Waals surface area contributed by atoms with Crippen LogP contribution in [0.5, 0.6) is 5.75 Å². The van der Waals surface area contributed by atoms with E-state index in [2.05, 4.69) is 55.0 Å². The summed E-state index contributed by atoms with van der Waals surface area (Å²) in [6, 6.07) is 14.5. The van der Waals surface area contributed by atoms with Crippen LogP contribution in [0.15, 0.2) is 42.5 Å². The lowest BCUT2D eigenvalue weighted by Gasteiger charge is -2.14. The highest BCUT2D eigenvalue weighted by Crippen LogP contribution is 2.23. The summed E-state index contributed by atoms with van der Waals surface area (Å²) in [5, 5.41) is 0. The number of benzene rings is 2. The number of H-pyrrole nitrogens is 1. The fourth-order valence-corrected chi connectivity index (χ4v) is 2.72. The van der Waals surface area contributed by atoms with Crippen molar-refractivity contribution >= 4 is 11.0 Å². The average Bonchev–Trinajstić information content (AvgIpc) is 2.95. The summed E-state index contributed by atoms with van der Waals surface area (Å²) >= 11 is 0. The molecule has 0 saturated carbocycles. The molecule has 3 aromatic rings. The maximum Gasteiger partial charge on any atom is 0.122 e. The standard InChI is InChI=1S/C20H24N2O/c1-14(2)13-23-19-10-6-7-16(15(19)3)11-12-20-21-17-8-4-5-9-18(17)22-20/h4-10,14H,11-13H2,1-3H3,(H,21,22). The van der Waals surface area contributed by atoms with Crippen molar-refractivity contribution in [2.24, 2.45) is 5.92 Å². The Bertz CT molecular complexity index is 756. The number of para-hydroxylation sites is 2. The minimum atomic E-state index is 0.536. The second-order valence-electron chi connectivity index (χ2n) is 6.45. The number of ether oxygens (including phenoxy) is 1. The zero-order valence-corrected chi connectivity index (χ0v) is 14.1. The van der Waals surface area contributed by atoms with Crippen LogP contribution in [0, 0.1) is 12.8 Å². The number of aromatic amines is 1. The lowest BCUT2D eigenvalue weighted by molar-refractivity contribution is 0.269. The van der Waals surface area contributed by atoms with E-state index in [1.54, 1.807) is 0 Å². The number of rotatable bonds is 6. The topological polar surface area (TPSA) is 37.9 Å². The number of hydrogen-bond acceptors (Lipinski definition) is 2. The van der Waals surface area contributed by atoms with Crippen molar-refractivity contribution in [3.8, 4) is 5.75 Å². The van der Waals surface area contributed by atoms with Crippen LogP contribution in [0.4, 0.5) is 0 Å². The molecule has 0 spiro atoms. The van der Waals surface area contributed by atoms with Gasteiger partial charge < -0.3 is 9.72 Å². The van der Waals surface area contributed by atoms with E-state index >= 15 is 0 Å². The van der Waals surface area contributed by atoms with Crippen molar-refractivity contribution in [1.29, 1.82) is 0 Å². The molecule has 23 heavy (non-hydrogen) atoms. The summed E-state index contributed by atoms with van der Waals surface area (Å²) in [6.07, 6.45) is 1.87. The van der Waals surface area contributed by atoms with Gasteiger partial charge in [-0.3, -0.25) is 0 Å². The maximum absolute atomic E-state index is 5.92. The molecule has 2 aromatic carbocycles. The minimum Gasteiger partial charge on any atom is -0.493 e. The van der Waals surface area contributed by atoms with Crippen LogP contribution in [0.2, 0.25) is 0 Å². The largest absolute Gasteiger partial charge is 0.493 e. The molecule has 3 nitrogen and oxygen atoms in total. The zero-order chi connectivity index (χ0) is 16.2. The Labute approximate surface area is 137 Å². The second kappa shape index (κ2) is 6.86. The normalized spacial score (nSPS) is 11.3. The van der Waals surface area contributed by atoms with Gasteiger partial charge in [0.1, 0.15) is 11.6 Å². The molecule has 0 atom stereocenters. The van der Waals surface area contributed by atoms with E-state index in [1.807, 2.05) is 18.2 Å². The molecule has 0 bridgehead atoms. The summed E-state index contributed by atoms with van der Waals surface area (Å²) in [7, 11) is 0. The molecule has 0 aliphatic carbocycles. The highest BCUT2D eigenvalue weighted by atomic mass is 16.5. The fraction of sp³-hybridized carbons (Fsp3) is 0.350. The highest BCUT2D eigenvalue weighted by molar-refractivity contribution is 5.74. The second-order valence-corrected chi connectivity index (χ2v) is 6.45. The van der Waals surface area contributed by atoms with Crippen molar-refractivity contribution in [2.75, 3.05) is 6.61 Å².